The molecule has 0 fully saturated rings. The highest BCUT2D eigenvalue weighted by molar-refractivity contribution is 6.26. The van der Waals surface area contributed by atoms with Gasteiger partial charge in [-0.25, -0.2) is 15.0 Å². The predicted octanol–water partition coefficient (Wildman–Crippen LogP) is 10.8. The first-order valence-corrected chi connectivity index (χ1v) is 17.6. The lowest BCUT2D eigenvalue weighted by Crippen LogP contribution is -2.02. The van der Waals surface area contributed by atoms with Crippen molar-refractivity contribution in [1.29, 1.82) is 10.5 Å². The van der Waals surface area contributed by atoms with Crippen LogP contribution in [0.2, 0.25) is 0 Å². The molecule has 0 spiro atoms. The smallest absolute Gasteiger partial charge is 0.164 e. The van der Waals surface area contributed by atoms with Gasteiger partial charge in [0.2, 0.25) is 0 Å². The summed E-state index contributed by atoms with van der Waals surface area (Å²) in [6.45, 7) is 0. The van der Waals surface area contributed by atoms with E-state index in [1.54, 1.807) is 0 Å². The third-order valence-corrected chi connectivity index (χ3v) is 10.1. The second-order valence-electron chi connectivity index (χ2n) is 13.1. The first-order valence-electron chi connectivity index (χ1n) is 17.6. The van der Waals surface area contributed by atoms with Gasteiger partial charge in [0.1, 0.15) is 12.1 Å². The molecule has 7 nitrogen and oxygen atoms in total. The Bertz CT molecular complexity index is 3120. The van der Waals surface area contributed by atoms with E-state index < -0.39 is 0 Å². The van der Waals surface area contributed by atoms with Crippen molar-refractivity contribution < 1.29 is 0 Å². The molecular formula is C47H27N7. The molecular weight excluding hydrogens is 663 g/mol. The van der Waals surface area contributed by atoms with Gasteiger partial charge >= 0.3 is 0 Å². The van der Waals surface area contributed by atoms with Gasteiger partial charge in [0.05, 0.1) is 44.6 Å². The number of para-hydroxylation sites is 3. The molecule has 0 atom stereocenters. The zero-order valence-electron chi connectivity index (χ0n) is 28.7. The summed E-state index contributed by atoms with van der Waals surface area (Å²) in [4.78, 5) is 14.7. The Balaban J connectivity index is 1.25. The van der Waals surface area contributed by atoms with Gasteiger partial charge in [-0.05, 0) is 48.5 Å². The minimum absolute atomic E-state index is 0.480. The number of aromatic nitrogens is 5. The first-order chi connectivity index (χ1) is 26.7. The van der Waals surface area contributed by atoms with E-state index in [2.05, 4.69) is 57.7 Å². The average Bonchev–Trinajstić information content (AvgIpc) is 3.76. The number of rotatable bonds is 5. The summed E-state index contributed by atoms with van der Waals surface area (Å²) in [5, 5.41) is 25.2. The van der Waals surface area contributed by atoms with Crippen LogP contribution in [0.3, 0.4) is 0 Å². The van der Waals surface area contributed by atoms with E-state index in [1.807, 2.05) is 127 Å². The second kappa shape index (κ2) is 12.4. The zero-order chi connectivity index (χ0) is 36.2. The summed E-state index contributed by atoms with van der Waals surface area (Å²) in [6, 6.07) is 59.1. The number of hydrogen-bond donors (Lipinski definition) is 0. The van der Waals surface area contributed by atoms with E-state index in [0.717, 1.165) is 66.1 Å². The largest absolute Gasteiger partial charge is 0.308 e. The fraction of sp³-hybridized carbons (Fsp3) is 0. The minimum Gasteiger partial charge on any atom is -0.308 e. The first kappa shape index (κ1) is 30.9. The van der Waals surface area contributed by atoms with Crippen LogP contribution in [-0.4, -0.2) is 24.1 Å². The predicted molar refractivity (Wildman–Crippen MR) is 214 cm³/mol. The molecule has 0 saturated heterocycles. The number of nitriles is 2. The highest BCUT2D eigenvalue weighted by Crippen LogP contribution is 2.43. The maximum absolute atomic E-state index is 10.8. The molecule has 0 N–H and O–H groups in total. The molecule has 0 aliphatic heterocycles. The van der Waals surface area contributed by atoms with Crippen molar-refractivity contribution in [3.63, 3.8) is 0 Å². The van der Waals surface area contributed by atoms with E-state index in [-0.39, 0.29) is 0 Å². The molecule has 0 aliphatic rings. The standard InChI is InChI=1S/C47H27N7/c48-28-33-17-7-10-20-38(33)53-41-22-12-9-19-37(41)43-42(53)26-24-36-35-18-8-11-21-40(35)54(44(36)43)39-25-23-32(27-34(39)29-49)47-51-45(30-13-3-1-4-14-30)50-46(52-47)31-15-5-2-6-16-31/h1-27H. The number of fused-ring (bicyclic) bond motifs is 7. The van der Waals surface area contributed by atoms with Crippen molar-refractivity contribution in [3.8, 4) is 57.7 Å². The summed E-state index contributed by atoms with van der Waals surface area (Å²) >= 11 is 0. The van der Waals surface area contributed by atoms with Crippen molar-refractivity contribution in [3.05, 3.63) is 175 Å². The highest BCUT2D eigenvalue weighted by atomic mass is 15.0. The van der Waals surface area contributed by atoms with Crippen LogP contribution >= 0.6 is 0 Å². The van der Waals surface area contributed by atoms with Gasteiger partial charge in [-0.1, -0.05) is 115 Å². The van der Waals surface area contributed by atoms with Crippen molar-refractivity contribution in [1.82, 2.24) is 24.1 Å². The molecule has 7 aromatic carbocycles. The summed E-state index contributed by atoms with van der Waals surface area (Å²) in [5.41, 5.74) is 9.03. The van der Waals surface area contributed by atoms with Gasteiger partial charge in [-0.15, -0.1) is 0 Å². The molecule has 0 aliphatic carbocycles. The Morgan fingerprint density at radius 2 is 0.926 bits per heavy atom. The van der Waals surface area contributed by atoms with Crippen LogP contribution in [0.1, 0.15) is 11.1 Å². The SMILES string of the molecule is N#Cc1ccccc1-n1c2ccccc2c2c1ccc1c3ccccc3n(-c3ccc(-c4nc(-c5ccccc5)nc(-c5ccccc5)n4)cc3C#N)c12. The summed E-state index contributed by atoms with van der Waals surface area (Å²) in [5.74, 6) is 1.59. The molecule has 10 rings (SSSR count). The maximum Gasteiger partial charge on any atom is 0.164 e. The van der Waals surface area contributed by atoms with E-state index in [0.29, 0.717) is 34.2 Å². The Morgan fingerprint density at radius 3 is 1.59 bits per heavy atom. The fourth-order valence-electron chi connectivity index (χ4n) is 7.68. The van der Waals surface area contributed by atoms with Crippen molar-refractivity contribution in [2.75, 3.05) is 0 Å². The topological polar surface area (TPSA) is 96.1 Å². The lowest BCUT2D eigenvalue weighted by atomic mass is 10.1. The lowest BCUT2D eigenvalue weighted by Gasteiger charge is -2.13. The Morgan fingerprint density at radius 1 is 0.389 bits per heavy atom. The van der Waals surface area contributed by atoms with Gasteiger partial charge in [-0.2, -0.15) is 10.5 Å². The van der Waals surface area contributed by atoms with Crippen LogP contribution in [0.5, 0.6) is 0 Å². The average molecular weight is 690 g/mol. The lowest BCUT2D eigenvalue weighted by molar-refractivity contribution is 1.07. The van der Waals surface area contributed by atoms with Crippen LogP contribution in [-0.2, 0) is 0 Å². The third kappa shape index (κ3) is 4.77. The molecule has 250 valence electrons. The van der Waals surface area contributed by atoms with Crippen LogP contribution in [0.4, 0.5) is 0 Å². The summed E-state index contributed by atoms with van der Waals surface area (Å²) in [7, 11) is 0. The minimum atomic E-state index is 0.480. The molecule has 0 bridgehead atoms. The van der Waals surface area contributed by atoms with Crippen molar-refractivity contribution >= 4 is 43.6 Å². The number of hydrogen-bond acceptors (Lipinski definition) is 5. The van der Waals surface area contributed by atoms with E-state index in [4.69, 9.17) is 15.0 Å². The van der Waals surface area contributed by atoms with Gasteiger partial charge in [0, 0.05) is 38.2 Å². The van der Waals surface area contributed by atoms with Crippen LogP contribution in [0.15, 0.2) is 164 Å². The van der Waals surface area contributed by atoms with Crippen LogP contribution in [0, 0.1) is 22.7 Å². The van der Waals surface area contributed by atoms with Gasteiger partial charge < -0.3 is 9.13 Å². The Labute approximate surface area is 309 Å². The quantitative estimate of drug-likeness (QED) is 0.179. The molecule has 0 saturated carbocycles. The van der Waals surface area contributed by atoms with E-state index in [9.17, 15) is 10.5 Å². The van der Waals surface area contributed by atoms with Crippen LogP contribution < -0.4 is 0 Å². The van der Waals surface area contributed by atoms with E-state index >= 15 is 0 Å². The molecule has 0 amide bonds. The third-order valence-electron chi connectivity index (χ3n) is 10.1. The molecule has 3 heterocycles. The summed E-state index contributed by atoms with van der Waals surface area (Å²) in [6.07, 6.45) is 0. The Hall–Kier alpha value is -7.87. The number of nitrogens with zero attached hydrogens (tertiary/aromatic N) is 7. The Kier molecular flexibility index (Phi) is 7.11. The normalized spacial score (nSPS) is 11.3. The fourth-order valence-corrected chi connectivity index (χ4v) is 7.68. The second-order valence-corrected chi connectivity index (χ2v) is 13.1. The molecule has 0 unspecified atom stereocenters. The van der Waals surface area contributed by atoms with Crippen LogP contribution in [0.25, 0.3) is 89.2 Å². The summed E-state index contributed by atoms with van der Waals surface area (Å²) < 4.78 is 4.38. The van der Waals surface area contributed by atoms with Gasteiger partial charge in [-0.3, -0.25) is 0 Å². The van der Waals surface area contributed by atoms with Gasteiger partial charge in [0.15, 0.2) is 17.5 Å². The zero-order valence-corrected chi connectivity index (χ0v) is 28.7. The molecule has 3 aromatic heterocycles. The van der Waals surface area contributed by atoms with Crippen molar-refractivity contribution in [2.45, 2.75) is 0 Å². The molecule has 0 radical (unpaired) electrons. The molecule has 7 heteroatoms. The van der Waals surface area contributed by atoms with Crippen molar-refractivity contribution in [2.24, 2.45) is 0 Å². The molecule has 10 aromatic rings. The van der Waals surface area contributed by atoms with Gasteiger partial charge in [0.25, 0.3) is 0 Å². The number of benzene rings is 7. The maximum atomic E-state index is 10.8. The molecule has 54 heavy (non-hydrogen) atoms. The highest BCUT2D eigenvalue weighted by Gasteiger charge is 2.23. The monoisotopic (exact) mass is 689 g/mol. The van der Waals surface area contributed by atoms with E-state index in [1.165, 1.54) is 0 Å².